The normalized spacial score (nSPS) is 10.8. The van der Waals surface area contributed by atoms with Crippen LogP contribution in [0.2, 0.25) is 0 Å². The van der Waals surface area contributed by atoms with Crippen molar-refractivity contribution in [2.75, 3.05) is 0 Å². The molecule has 0 atom stereocenters. The maximum absolute atomic E-state index is 11.9. The quantitative estimate of drug-likeness (QED) is 0.796. The molecule has 0 fully saturated rings. The van der Waals surface area contributed by atoms with Gasteiger partial charge in [0.25, 0.3) is 0 Å². The van der Waals surface area contributed by atoms with Crippen LogP contribution in [0.3, 0.4) is 0 Å². The molecule has 3 rings (SSSR count). The van der Waals surface area contributed by atoms with Gasteiger partial charge < -0.3 is 14.3 Å². The molecule has 20 heavy (non-hydrogen) atoms. The minimum atomic E-state index is -0.0427. The van der Waals surface area contributed by atoms with Gasteiger partial charge in [-0.3, -0.25) is 4.79 Å². The third-order valence-corrected chi connectivity index (χ3v) is 3.81. The highest BCUT2D eigenvalue weighted by Crippen LogP contribution is 2.24. The third-order valence-electron chi connectivity index (χ3n) is 3.11. The number of fused-ring (bicyclic) bond motifs is 1. The molecule has 102 valence electrons. The number of nitrogens with one attached hydrogen (secondary N) is 1. The molecule has 0 saturated carbocycles. The van der Waals surface area contributed by atoms with Crippen molar-refractivity contribution in [3.63, 3.8) is 0 Å². The number of amides is 1. The van der Waals surface area contributed by atoms with Crippen LogP contribution in [0.4, 0.5) is 0 Å². The number of carbonyl (C=O) groups excluding carboxylic acids is 1. The summed E-state index contributed by atoms with van der Waals surface area (Å²) in [5.41, 5.74) is 1.03. The average Bonchev–Trinajstić information content (AvgIpc) is 3.07. The van der Waals surface area contributed by atoms with Crippen LogP contribution in [-0.2, 0) is 17.9 Å². The Morgan fingerprint density at radius 1 is 1.25 bits per heavy atom. The standard InChI is InChI=1S/C15H13BrN2O2/c16-13-4-1-5-14-12(13)6-7-18(14)10-15(19)17-9-11-3-2-8-20-11/h1-8H,9-10H2,(H,17,19). The maximum atomic E-state index is 11.9. The number of hydrogen-bond donors (Lipinski definition) is 1. The minimum absolute atomic E-state index is 0.0427. The van der Waals surface area contributed by atoms with Crippen LogP contribution in [0.5, 0.6) is 0 Å². The van der Waals surface area contributed by atoms with Gasteiger partial charge in [-0.2, -0.15) is 0 Å². The van der Waals surface area contributed by atoms with Crippen molar-refractivity contribution < 1.29 is 9.21 Å². The summed E-state index contributed by atoms with van der Waals surface area (Å²) < 4.78 is 8.14. The van der Waals surface area contributed by atoms with E-state index in [0.29, 0.717) is 13.1 Å². The van der Waals surface area contributed by atoms with E-state index in [1.807, 2.05) is 41.1 Å². The zero-order valence-electron chi connectivity index (χ0n) is 10.7. The van der Waals surface area contributed by atoms with E-state index in [0.717, 1.165) is 21.1 Å². The van der Waals surface area contributed by atoms with Crippen molar-refractivity contribution in [1.29, 1.82) is 0 Å². The lowest BCUT2D eigenvalue weighted by Gasteiger charge is -2.06. The molecule has 0 aliphatic heterocycles. The fraction of sp³-hybridized carbons (Fsp3) is 0.133. The molecule has 2 heterocycles. The number of carbonyl (C=O) groups is 1. The van der Waals surface area contributed by atoms with E-state index in [9.17, 15) is 4.79 Å². The van der Waals surface area contributed by atoms with Crippen LogP contribution in [0.25, 0.3) is 10.9 Å². The lowest BCUT2D eigenvalue weighted by molar-refractivity contribution is -0.121. The van der Waals surface area contributed by atoms with E-state index >= 15 is 0 Å². The molecule has 0 radical (unpaired) electrons. The Bertz CT molecular complexity index is 732. The van der Waals surface area contributed by atoms with Crippen LogP contribution >= 0.6 is 15.9 Å². The first-order valence-corrected chi connectivity index (χ1v) is 7.06. The molecule has 4 nitrogen and oxygen atoms in total. The molecule has 0 unspecified atom stereocenters. The molecule has 0 aliphatic rings. The molecule has 0 aliphatic carbocycles. The molecular weight excluding hydrogens is 320 g/mol. The highest BCUT2D eigenvalue weighted by Gasteiger charge is 2.08. The van der Waals surface area contributed by atoms with Gasteiger partial charge in [0.2, 0.25) is 5.91 Å². The molecule has 3 aromatic rings. The molecule has 1 N–H and O–H groups in total. The predicted molar refractivity (Wildman–Crippen MR) is 80.2 cm³/mol. The Balaban J connectivity index is 1.70. The summed E-state index contributed by atoms with van der Waals surface area (Å²) in [6.07, 6.45) is 3.51. The Morgan fingerprint density at radius 3 is 2.95 bits per heavy atom. The zero-order valence-corrected chi connectivity index (χ0v) is 12.3. The number of halogens is 1. The smallest absolute Gasteiger partial charge is 0.240 e. The second-order valence-corrected chi connectivity index (χ2v) is 5.33. The predicted octanol–water partition coefficient (Wildman–Crippen LogP) is 3.31. The largest absolute Gasteiger partial charge is 0.467 e. The van der Waals surface area contributed by atoms with E-state index in [-0.39, 0.29) is 5.91 Å². The third kappa shape index (κ3) is 2.63. The fourth-order valence-electron chi connectivity index (χ4n) is 2.13. The molecule has 2 aromatic heterocycles. The molecule has 0 bridgehead atoms. The molecule has 0 saturated heterocycles. The van der Waals surface area contributed by atoms with Gasteiger partial charge in [-0.25, -0.2) is 0 Å². The van der Waals surface area contributed by atoms with Gasteiger partial charge in [-0.05, 0) is 30.3 Å². The van der Waals surface area contributed by atoms with E-state index < -0.39 is 0 Å². The van der Waals surface area contributed by atoms with Crippen molar-refractivity contribution in [2.24, 2.45) is 0 Å². The highest BCUT2D eigenvalue weighted by molar-refractivity contribution is 9.10. The van der Waals surface area contributed by atoms with Gasteiger partial charge in [0.15, 0.2) is 0 Å². The summed E-state index contributed by atoms with van der Waals surface area (Å²) in [6, 6.07) is 11.6. The van der Waals surface area contributed by atoms with Gasteiger partial charge in [0.05, 0.1) is 12.8 Å². The topological polar surface area (TPSA) is 47.2 Å². The van der Waals surface area contributed by atoms with Crippen molar-refractivity contribution in [1.82, 2.24) is 9.88 Å². The SMILES string of the molecule is O=C(Cn1ccc2c(Br)cccc21)NCc1ccco1. The molecule has 0 spiro atoms. The van der Waals surface area contributed by atoms with Crippen molar-refractivity contribution >= 4 is 32.7 Å². The van der Waals surface area contributed by atoms with Gasteiger partial charge in [-0.15, -0.1) is 0 Å². The Hall–Kier alpha value is -2.01. The first-order chi connectivity index (χ1) is 9.74. The first-order valence-electron chi connectivity index (χ1n) is 6.26. The lowest BCUT2D eigenvalue weighted by Crippen LogP contribution is -2.26. The Morgan fingerprint density at radius 2 is 2.15 bits per heavy atom. The maximum Gasteiger partial charge on any atom is 0.240 e. The monoisotopic (exact) mass is 332 g/mol. The van der Waals surface area contributed by atoms with E-state index in [2.05, 4.69) is 21.2 Å². The highest BCUT2D eigenvalue weighted by atomic mass is 79.9. The summed E-state index contributed by atoms with van der Waals surface area (Å²) in [5.74, 6) is 0.706. The Kier molecular flexibility index (Phi) is 3.60. The lowest BCUT2D eigenvalue weighted by atomic mass is 10.2. The average molecular weight is 333 g/mol. The number of aromatic nitrogens is 1. The van der Waals surface area contributed by atoms with Crippen LogP contribution < -0.4 is 5.32 Å². The van der Waals surface area contributed by atoms with Gasteiger partial charge in [0, 0.05) is 21.6 Å². The van der Waals surface area contributed by atoms with E-state index in [4.69, 9.17) is 4.42 Å². The van der Waals surface area contributed by atoms with Crippen LogP contribution in [0, 0.1) is 0 Å². The van der Waals surface area contributed by atoms with Crippen LogP contribution in [0.15, 0.2) is 57.7 Å². The Labute approximate surface area is 124 Å². The van der Waals surface area contributed by atoms with Crippen molar-refractivity contribution in [3.8, 4) is 0 Å². The second-order valence-electron chi connectivity index (χ2n) is 4.47. The van der Waals surface area contributed by atoms with Crippen molar-refractivity contribution in [2.45, 2.75) is 13.1 Å². The fourth-order valence-corrected chi connectivity index (χ4v) is 2.62. The molecular formula is C15H13BrN2O2. The number of nitrogens with zero attached hydrogens (tertiary/aromatic N) is 1. The van der Waals surface area contributed by atoms with Crippen molar-refractivity contribution in [3.05, 3.63) is 59.1 Å². The minimum Gasteiger partial charge on any atom is -0.467 e. The van der Waals surface area contributed by atoms with Gasteiger partial charge >= 0.3 is 0 Å². The second kappa shape index (κ2) is 5.54. The summed E-state index contributed by atoms with van der Waals surface area (Å²) in [6.45, 7) is 0.704. The first kappa shape index (κ1) is 13.0. The number of furan rings is 1. The molecule has 5 heteroatoms. The summed E-state index contributed by atoms with van der Waals surface area (Å²) >= 11 is 3.51. The summed E-state index contributed by atoms with van der Waals surface area (Å²) in [5, 5.41) is 3.94. The molecule has 1 aromatic carbocycles. The zero-order chi connectivity index (χ0) is 13.9. The molecule has 1 amide bonds. The number of rotatable bonds is 4. The number of hydrogen-bond acceptors (Lipinski definition) is 2. The number of benzene rings is 1. The summed E-state index contributed by atoms with van der Waals surface area (Å²) in [4.78, 5) is 11.9. The van der Waals surface area contributed by atoms with E-state index in [1.165, 1.54) is 0 Å². The van der Waals surface area contributed by atoms with Gasteiger partial charge in [0.1, 0.15) is 12.3 Å². The van der Waals surface area contributed by atoms with Crippen LogP contribution in [-0.4, -0.2) is 10.5 Å². The van der Waals surface area contributed by atoms with E-state index in [1.54, 1.807) is 12.3 Å². The summed E-state index contributed by atoms with van der Waals surface area (Å²) in [7, 11) is 0. The van der Waals surface area contributed by atoms with Crippen LogP contribution in [0.1, 0.15) is 5.76 Å². The van der Waals surface area contributed by atoms with Gasteiger partial charge in [-0.1, -0.05) is 22.0 Å².